The fraction of sp³-hybridized carbons (Fsp3) is 0.207. The summed E-state index contributed by atoms with van der Waals surface area (Å²) in [5.41, 5.74) is 7.73. The SMILES string of the molecule is CCC1=C=Cc2c(ncnc2N2CCN(C(=O)c3cc(-c4ccccc4)nc4ccccc34)CC2)S1. The Hall–Kier alpha value is -3.93. The molecule has 36 heavy (non-hydrogen) atoms. The van der Waals surface area contributed by atoms with E-state index in [1.54, 1.807) is 18.1 Å². The molecule has 0 N–H and O–H groups in total. The van der Waals surface area contributed by atoms with Gasteiger partial charge in [-0.3, -0.25) is 4.79 Å². The number of anilines is 1. The number of aromatic nitrogens is 3. The first-order chi connectivity index (χ1) is 17.7. The van der Waals surface area contributed by atoms with Crippen molar-refractivity contribution in [2.24, 2.45) is 0 Å². The van der Waals surface area contributed by atoms with Gasteiger partial charge in [-0.2, -0.15) is 0 Å². The molecular formula is C29H25N5OS. The van der Waals surface area contributed by atoms with Gasteiger partial charge in [0.25, 0.3) is 5.91 Å². The molecule has 178 valence electrons. The lowest BCUT2D eigenvalue weighted by Gasteiger charge is -2.36. The molecule has 0 spiro atoms. The van der Waals surface area contributed by atoms with Gasteiger partial charge in [-0.1, -0.05) is 67.2 Å². The highest BCUT2D eigenvalue weighted by Gasteiger charge is 2.27. The summed E-state index contributed by atoms with van der Waals surface area (Å²) in [6.07, 6.45) is 4.58. The first-order valence-corrected chi connectivity index (χ1v) is 13.0. The van der Waals surface area contributed by atoms with E-state index in [2.05, 4.69) is 27.5 Å². The number of piperazine rings is 1. The summed E-state index contributed by atoms with van der Waals surface area (Å²) in [4.78, 5) is 33.1. The van der Waals surface area contributed by atoms with E-state index in [0.717, 1.165) is 45.0 Å². The van der Waals surface area contributed by atoms with Crippen LogP contribution in [0.5, 0.6) is 0 Å². The van der Waals surface area contributed by atoms with Crippen LogP contribution in [-0.2, 0) is 0 Å². The molecule has 4 heterocycles. The van der Waals surface area contributed by atoms with Crippen LogP contribution in [0.4, 0.5) is 5.82 Å². The van der Waals surface area contributed by atoms with Gasteiger partial charge in [0.2, 0.25) is 0 Å². The summed E-state index contributed by atoms with van der Waals surface area (Å²) < 4.78 is 0. The third-order valence-electron chi connectivity index (χ3n) is 6.63. The van der Waals surface area contributed by atoms with Crippen molar-refractivity contribution in [3.63, 3.8) is 0 Å². The topological polar surface area (TPSA) is 62.2 Å². The Morgan fingerprint density at radius 3 is 2.58 bits per heavy atom. The number of benzene rings is 2. The molecule has 1 saturated heterocycles. The average molecular weight is 492 g/mol. The summed E-state index contributed by atoms with van der Waals surface area (Å²) in [6, 6.07) is 19.8. The normalized spacial score (nSPS) is 15.1. The Labute approximate surface area is 214 Å². The maximum Gasteiger partial charge on any atom is 0.254 e. The van der Waals surface area contributed by atoms with Gasteiger partial charge in [0.05, 0.1) is 22.3 Å². The largest absolute Gasteiger partial charge is 0.352 e. The van der Waals surface area contributed by atoms with Crippen LogP contribution in [0, 0.1) is 0 Å². The molecule has 0 aliphatic carbocycles. The van der Waals surface area contributed by atoms with Gasteiger partial charge < -0.3 is 9.80 Å². The predicted molar refractivity (Wildman–Crippen MR) is 145 cm³/mol. The molecule has 0 unspecified atom stereocenters. The monoisotopic (exact) mass is 491 g/mol. The molecule has 1 fully saturated rings. The maximum atomic E-state index is 13.8. The zero-order chi connectivity index (χ0) is 24.5. The number of fused-ring (bicyclic) bond motifs is 2. The van der Waals surface area contributed by atoms with E-state index in [9.17, 15) is 4.79 Å². The number of para-hydroxylation sites is 1. The molecule has 2 aromatic heterocycles. The molecule has 0 atom stereocenters. The number of hydrogen-bond donors (Lipinski definition) is 0. The van der Waals surface area contributed by atoms with Crippen LogP contribution in [0.2, 0.25) is 0 Å². The van der Waals surface area contributed by atoms with Crippen LogP contribution in [-0.4, -0.2) is 51.9 Å². The first kappa shape index (κ1) is 22.5. The number of carbonyl (C=O) groups is 1. The smallest absolute Gasteiger partial charge is 0.254 e. The van der Waals surface area contributed by atoms with E-state index in [0.29, 0.717) is 31.7 Å². The molecule has 1 amide bonds. The van der Waals surface area contributed by atoms with Crippen LogP contribution in [0.15, 0.2) is 82.7 Å². The summed E-state index contributed by atoms with van der Waals surface area (Å²) in [5, 5.41) is 1.86. The Morgan fingerprint density at radius 2 is 1.78 bits per heavy atom. The van der Waals surface area contributed by atoms with E-state index in [4.69, 9.17) is 4.98 Å². The third-order valence-corrected chi connectivity index (χ3v) is 7.80. The Kier molecular flexibility index (Phi) is 6.01. The third kappa shape index (κ3) is 4.17. The van der Waals surface area contributed by atoms with Crippen molar-refractivity contribution in [3.05, 3.63) is 88.8 Å². The van der Waals surface area contributed by atoms with Gasteiger partial charge in [0, 0.05) is 42.0 Å². The van der Waals surface area contributed by atoms with Gasteiger partial charge in [-0.05, 0) is 24.6 Å². The van der Waals surface area contributed by atoms with E-state index in [1.807, 2.05) is 71.6 Å². The fourth-order valence-electron chi connectivity index (χ4n) is 4.70. The van der Waals surface area contributed by atoms with Crippen molar-refractivity contribution in [1.29, 1.82) is 0 Å². The second kappa shape index (κ2) is 9.61. The van der Waals surface area contributed by atoms with Gasteiger partial charge >= 0.3 is 0 Å². The molecule has 0 saturated carbocycles. The Bertz CT molecular complexity index is 1520. The second-order valence-corrected chi connectivity index (χ2v) is 9.88. The van der Waals surface area contributed by atoms with Crippen LogP contribution in [0.25, 0.3) is 28.2 Å². The summed E-state index contributed by atoms with van der Waals surface area (Å²) >= 11 is 1.66. The van der Waals surface area contributed by atoms with Gasteiger partial charge in [0.15, 0.2) is 0 Å². The van der Waals surface area contributed by atoms with Crippen LogP contribution < -0.4 is 4.90 Å². The number of nitrogens with zero attached hydrogens (tertiary/aromatic N) is 5. The summed E-state index contributed by atoms with van der Waals surface area (Å²) in [6.45, 7) is 4.81. The standard InChI is InChI=1S/C29H25N5OS/c1-2-21-12-13-23-27(30-19-31-28(23)36-21)33-14-16-34(17-15-33)29(35)24-18-26(20-8-4-3-5-9-20)32-25-11-7-6-10-22(24)25/h3-11,13,18-19H,2,14-17H2,1H3. The van der Waals surface area contributed by atoms with Crippen LogP contribution in [0.1, 0.15) is 29.3 Å². The second-order valence-electron chi connectivity index (χ2n) is 8.80. The summed E-state index contributed by atoms with van der Waals surface area (Å²) in [5.74, 6) is 0.962. The van der Waals surface area contributed by atoms with Gasteiger partial charge in [-0.15, -0.1) is 5.73 Å². The minimum Gasteiger partial charge on any atom is -0.352 e. The highest BCUT2D eigenvalue weighted by Crippen LogP contribution is 2.37. The molecule has 6 rings (SSSR count). The molecule has 2 aromatic carbocycles. The Balaban J connectivity index is 1.26. The number of thioether (sulfide) groups is 1. The van der Waals surface area contributed by atoms with E-state index in [1.165, 1.54) is 4.91 Å². The van der Waals surface area contributed by atoms with Gasteiger partial charge in [-0.25, -0.2) is 15.0 Å². The maximum absolute atomic E-state index is 13.8. The van der Waals surface area contributed by atoms with Crippen molar-refractivity contribution >= 4 is 40.5 Å². The van der Waals surface area contributed by atoms with Crippen molar-refractivity contribution in [3.8, 4) is 11.3 Å². The number of allylic oxidation sites excluding steroid dienone is 1. The number of rotatable bonds is 4. The fourth-order valence-corrected chi connectivity index (χ4v) is 5.56. The zero-order valence-corrected chi connectivity index (χ0v) is 20.8. The number of hydrogen-bond acceptors (Lipinski definition) is 6. The lowest BCUT2D eigenvalue weighted by molar-refractivity contribution is 0.0748. The number of carbonyl (C=O) groups excluding carboxylic acids is 1. The Morgan fingerprint density at radius 1 is 1.00 bits per heavy atom. The van der Waals surface area contributed by atoms with Crippen molar-refractivity contribution in [2.75, 3.05) is 31.1 Å². The number of pyridine rings is 1. The lowest BCUT2D eigenvalue weighted by Crippen LogP contribution is -2.49. The number of amides is 1. The minimum atomic E-state index is 0.0427. The van der Waals surface area contributed by atoms with Crippen LogP contribution in [0.3, 0.4) is 0 Å². The highest BCUT2D eigenvalue weighted by atomic mass is 32.2. The molecule has 7 heteroatoms. The zero-order valence-electron chi connectivity index (χ0n) is 20.0. The van der Waals surface area contributed by atoms with Crippen molar-refractivity contribution in [1.82, 2.24) is 19.9 Å². The molecule has 0 bridgehead atoms. The van der Waals surface area contributed by atoms with Crippen molar-refractivity contribution in [2.45, 2.75) is 18.4 Å². The first-order valence-electron chi connectivity index (χ1n) is 12.2. The van der Waals surface area contributed by atoms with Gasteiger partial charge in [0.1, 0.15) is 17.2 Å². The molecule has 4 aromatic rings. The molecule has 2 aliphatic rings. The molecule has 6 nitrogen and oxygen atoms in total. The predicted octanol–water partition coefficient (Wildman–Crippen LogP) is 5.67. The quantitative estimate of drug-likeness (QED) is 0.271. The highest BCUT2D eigenvalue weighted by molar-refractivity contribution is 8.03. The van der Waals surface area contributed by atoms with E-state index < -0.39 is 0 Å². The minimum absolute atomic E-state index is 0.0427. The summed E-state index contributed by atoms with van der Waals surface area (Å²) in [7, 11) is 0. The van der Waals surface area contributed by atoms with E-state index >= 15 is 0 Å². The average Bonchev–Trinajstić information content (AvgIpc) is 2.96. The van der Waals surface area contributed by atoms with E-state index in [-0.39, 0.29) is 5.91 Å². The van der Waals surface area contributed by atoms with Crippen LogP contribution >= 0.6 is 11.8 Å². The molecule has 0 radical (unpaired) electrons. The van der Waals surface area contributed by atoms with Crippen molar-refractivity contribution < 1.29 is 4.79 Å². The molecular weight excluding hydrogens is 466 g/mol. The molecule has 2 aliphatic heterocycles. The lowest BCUT2D eigenvalue weighted by atomic mass is 10.0.